The van der Waals surface area contributed by atoms with Gasteiger partial charge in [-0.05, 0) is 44.4 Å². The second kappa shape index (κ2) is 5.88. The van der Waals surface area contributed by atoms with Crippen LogP contribution in [0.2, 0.25) is 0 Å². The summed E-state index contributed by atoms with van der Waals surface area (Å²) in [5.74, 6) is -0.649. The summed E-state index contributed by atoms with van der Waals surface area (Å²) in [6.07, 6.45) is 7.63. The first-order valence-electron chi connectivity index (χ1n) is 8.89. The molecular weight excluding hydrogens is 349 g/mol. The lowest BCUT2D eigenvalue weighted by Gasteiger charge is -2.34. The first-order valence-corrected chi connectivity index (χ1v) is 8.89. The van der Waals surface area contributed by atoms with Crippen molar-refractivity contribution in [2.24, 2.45) is 10.7 Å². The molecule has 8 heteroatoms. The molecule has 1 fully saturated rings. The summed E-state index contributed by atoms with van der Waals surface area (Å²) < 4.78 is 16.9. The molecule has 1 aliphatic carbocycles. The van der Waals surface area contributed by atoms with Crippen LogP contribution in [0, 0.1) is 0 Å². The lowest BCUT2D eigenvalue weighted by molar-refractivity contribution is -0.0598. The van der Waals surface area contributed by atoms with Crippen molar-refractivity contribution in [3.8, 4) is 0 Å². The highest BCUT2D eigenvalue weighted by Gasteiger charge is 2.55. The van der Waals surface area contributed by atoms with E-state index in [1.165, 1.54) is 20.0 Å². The number of aliphatic imine (C=N–C) groups is 1. The number of primary amides is 1. The molecule has 142 valence electrons. The van der Waals surface area contributed by atoms with Gasteiger partial charge in [-0.25, -0.2) is 8.91 Å². The molecule has 3 heterocycles. The zero-order chi connectivity index (χ0) is 19.4. The van der Waals surface area contributed by atoms with E-state index in [1.54, 1.807) is 10.7 Å². The number of aliphatic hydroxyl groups is 1. The van der Waals surface area contributed by atoms with Gasteiger partial charge in [0, 0.05) is 18.0 Å². The Labute approximate surface area is 155 Å². The molecule has 0 spiro atoms. The minimum atomic E-state index is -1.86. The predicted octanol–water partition coefficient (Wildman–Crippen LogP) is 1.95. The van der Waals surface area contributed by atoms with Gasteiger partial charge in [0.25, 0.3) is 5.91 Å². The summed E-state index contributed by atoms with van der Waals surface area (Å²) in [6, 6.07) is 1.22. The SMILES string of the molecule is C[C@@]1(O)CC[C@@H](Nc2c(C(N)=O)cnn3cc(C4=CC=NC4)cc23)[C@@]1(C)F. The van der Waals surface area contributed by atoms with Crippen LogP contribution in [0.3, 0.4) is 0 Å². The number of alkyl halides is 1. The first-order chi connectivity index (χ1) is 12.7. The van der Waals surface area contributed by atoms with E-state index in [-0.39, 0.29) is 5.56 Å². The summed E-state index contributed by atoms with van der Waals surface area (Å²) >= 11 is 0. The number of anilines is 1. The fraction of sp³-hybridized carbons (Fsp3) is 0.421. The van der Waals surface area contributed by atoms with Crippen molar-refractivity contribution in [1.29, 1.82) is 0 Å². The van der Waals surface area contributed by atoms with Crippen LogP contribution >= 0.6 is 0 Å². The number of fused-ring (bicyclic) bond motifs is 1. The number of allylic oxidation sites excluding steroid dienone is 1. The fourth-order valence-corrected chi connectivity index (χ4v) is 3.80. The van der Waals surface area contributed by atoms with E-state index in [4.69, 9.17) is 5.73 Å². The number of carbonyl (C=O) groups excluding carboxylic acids is 1. The Morgan fingerprint density at radius 1 is 1.48 bits per heavy atom. The van der Waals surface area contributed by atoms with Gasteiger partial charge in [-0.1, -0.05) is 0 Å². The molecule has 0 radical (unpaired) electrons. The third kappa shape index (κ3) is 2.71. The number of rotatable bonds is 4. The van der Waals surface area contributed by atoms with Gasteiger partial charge < -0.3 is 16.2 Å². The van der Waals surface area contributed by atoms with Crippen LogP contribution in [0.5, 0.6) is 0 Å². The highest BCUT2D eigenvalue weighted by Crippen LogP contribution is 2.44. The Kier molecular flexibility index (Phi) is 3.85. The van der Waals surface area contributed by atoms with E-state index in [1.807, 2.05) is 18.3 Å². The van der Waals surface area contributed by atoms with Crippen LogP contribution in [-0.2, 0) is 0 Å². The van der Waals surface area contributed by atoms with E-state index in [2.05, 4.69) is 15.4 Å². The Balaban J connectivity index is 1.80. The third-order valence-electron chi connectivity index (χ3n) is 5.86. The molecule has 1 aliphatic heterocycles. The molecule has 1 amide bonds. The number of nitrogens with two attached hydrogens (primary N) is 1. The van der Waals surface area contributed by atoms with Crippen LogP contribution in [-0.4, -0.2) is 50.7 Å². The number of amides is 1. The third-order valence-corrected chi connectivity index (χ3v) is 5.86. The average molecular weight is 371 g/mol. The standard InChI is InChI=1S/C19H22FN5O2/c1-18(27)5-3-15(19(18,2)20)24-16-13(17(21)26)9-23-25-10-12(7-14(16)25)11-4-6-22-8-11/h4,6-7,9-10,15,24,27H,3,5,8H2,1-2H3,(H2,21,26)/t15-,18-,19-/m1/s1. The van der Waals surface area contributed by atoms with Crippen molar-refractivity contribution in [1.82, 2.24) is 9.61 Å². The van der Waals surface area contributed by atoms with E-state index in [0.717, 1.165) is 11.1 Å². The second-order valence-corrected chi connectivity index (χ2v) is 7.62. The van der Waals surface area contributed by atoms with Crippen LogP contribution in [0.25, 0.3) is 11.1 Å². The van der Waals surface area contributed by atoms with E-state index in [0.29, 0.717) is 30.6 Å². The van der Waals surface area contributed by atoms with Crippen molar-refractivity contribution in [3.63, 3.8) is 0 Å². The van der Waals surface area contributed by atoms with Crippen LogP contribution < -0.4 is 11.1 Å². The molecule has 2 aliphatic rings. The van der Waals surface area contributed by atoms with Gasteiger partial charge in [0.1, 0.15) is 0 Å². The predicted molar refractivity (Wildman–Crippen MR) is 102 cm³/mol. The molecule has 2 aromatic heterocycles. The number of carbonyl (C=O) groups is 1. The number of halogens is 1. The van der Waals surface area contributed by atoms with Crippen molar-refractivity contribution in [2.75, 3.05) is 11.9 Å². The largest absolute Gasteiger partial charge is 0.387 e. The van der Waals surface area contributed by atoms with Gasteiger partial charge in [0.15, 0.2) is 5.67 Å². The van der Waals surface area contributed by atoms with Gasteiger partial charge in [-0.2, -0.15) is 5.10 Å². The smallest absolute Gasteiger partial charge is 0.252 e. The second-order valence-electron chi connectivity index (χ2n) is 7.62. The summed E-state index contributed by atoms with van der Waals surface area (Å²) in [5.41, 5.74) is 5.41. The van der Waals surface area contributed by atoms with Crippen LogP contribution in [0.15, 0.2) is 29.5 Å². The molecule has 3 atom stereocenters. The highest BCUT2D eigenvalue weighted by molar-refractivity contribution is 6.02. The average Bonchev–Trinajstić information content (AvgIpc) is 3.29. The summed E-state index contributed by atoms with van der Waals surface area (Å²) in [6.45, 7) is 3.45. The Morgan fingerprint density at radius 2 is 2.26 bits per heavy atom. The van der Waals surface area contributed by atoms with Crippen LogP contribution in [0.4, 0.5) is 10.1 Å². The van der Waals surface area contributed by atoms with E-state index < -0.39 is 23.2 Å². The molecule has 0 unspecified atom stereocenters. The number of nitrogens with one attached hydrogen (secondary N) is 1. The van der Waals surface area contributed by atoms with Gasteiger partial charge >= 0.3 is 0 Å². The lowest BCUT2D eigenvalue weighted by atomic mass is 9.89. The van der Waals surface area contributed by atoms with Gasteiger partial charge in [-0.3, -0.25) is 9.79 Å². The topological polar surface area (TPSA) is 105 Å². The number of nitrogens with zero attached hydrogens (tertiary/aromatic N) is 3. The number of hydrogen-bond acceptors (Lipinski definition) is 5. The van der Waals surface area contributed by atoms with Crippen molar-refractivity contribution in [3.05, 3.63) is 35.7 Å². The fourth-order valence-electron chi connectivity index (χ4n) is 3.80. The van der Waals surface area contributed by atoms with Crippen molar-refractivity contribution in [2.45, 2.75) is 44.0 Å². The quantitative estimate of drug-likeness (QED) is 0.764. The Morgan fingerprint density at radius 3 is 2.85 bits per heavy atom. The summed E-state index contributed by atoms with van der Waals surface area (Å²) in [7, 11) is 0. The molecule has 2 aromatic rings. The summed E-state index contributed by atoms with van der Waals surface area (Å²) in [5, 5.41) is 17.8. The maximum atomic E-state index is 15.2. The molecule has 27 heavy (non-hydrogen) atoms. The van der Waals surface area contributed by atoms with Crippen molar-refractivity contribution >= 4 is 28.9 Å². The highest BCUT2D eigenvalue weighted by atomic mass is 19.1. The molecule has 4 N–H and O–H groups in total. The zero-order valence-corrected chi connectivity index (χ0v) is 15.2. The monoisotopic (exact) mass is 371 g/mol. The maximum Gasteiger partial charge on any atom is 0.252 e. The van der Waals surface area contributed by atoms with Crippen molar-refractivity contribution < 1.29 is 14.3 Å². The molecule has 0 bridgehead atoms. The summed E-state index contributed by atoms with van der Waals surface area (Å²) in [4.78, 5) is 16.1. The van der Waals surface area contributed by atoms with Gasteiger partial charge in [0.2, 0.25) is 0 Å². The Hall–Kier alpha value is -2.74. The minimum absolute atomic E-state index is 0.186. The normalized spacial score (nSPS) is 30.1. The van der Waals surface area contributed by atoms with Gasteiger partial charge in [0.05, 0.1) is 41.2 Å². The van der Waals surface area contributed by atoms with Crippen LogP contribution in [0.1, 0.15) is 42.6 Å². The maximum absolute atomic E-state index is 15.2. The number of aromatic nitrogens is 2. The van der Waals surface area contributed by atoms with Gasteiger partial charge in [-0.15, -0.1) is 0 Å². The first kappa shape index (κ1) is 17.7. The lowest BCUT2D eigenvalue weighted by Crippen LogP contribution is -2.50. The molecule has 0 aromatic carbocycles. The van der Waals surface area contributed by atoms with E-state index >= 15 is 4.39 Å². The zero-order valence-electron chi connectivity index (χ0n) is 15.2. The molecule has 1 saturated carbocycles. The molecule has 4 rings (SSSR count). The van der Waals surface area contributed by atoms with E-state index in [9.17, 15) is 9.90 Å². The molecular formula is C19H22FN5O2. The minimum Gasteiger partial charge on any atom is -0.387 e. The molecule has 7 nitrogen and oxygen atoms in total. The molecule has 0 saturated heterocycles. The number of hydrogen-bond donors (Lipinski definition) is 3. The Bertz CT molecular complexity index is 989.